The van der Waals surface area contributed by atoms with E-state index >= 15 is 0 Å². The van der Waals surface area contributed by atoms with Crippen LogP contribution in [0.4, 0.5) is 4.79 Å². The SMILES string of the molecule is CCC(C)C1NC(=O)C(CCc2ccc(O)cc2)N(C)C(=O)C(CCc2ccccc2)NC(=O)C(C(C)C)NC(=O)C(NC(=O)NC(CCCN=C(N)N)C(=O)O)CCCCNC1=O. The van der Waals surface area contributed by atoms with Gasteiger partial charge < -0.3 is 58.5 Å². The van der Waals surface area contributed by atoms with Gasteiger partial charge in [0, 0.05) is 20.1 Å². The maximum absolute atomic E-state index is 14.7. The van der Waals surface area contributed by atoms with Gasteiger partial charge in [0.2, 0.25) is 29.5 Å². The lowest BCUT2D eigenvalue weighted by Crippen LogP contribution is -2.61. The predicted molar refractivity (Wildman–Crippen MR) is 241 cm³/mol. The van der Waals surface area contributed by atoms with Crippen molar-refractivity contribution in [3.05, 3.63) is 65.7 Å². The zero-order chi connectivity index (χ0) is 47.3. The molecule has 2 aromatic rings. The van der Waals surface area contributed by atoms with Gasteiger partial charge in [0.15, 0.2) is 5.96 Å². The summed E-state index contributed by atoms with van der Waals surface area (Å²) in [5.74, 6) is -5.18. The Labute approximate surface area is 375 Å². The second-order valence-electron chi connectivity index (χ2n) is 16.7. The van der Waals surface area contributed by atoms with Crippen LogP contribution in [0.1, 0.15) is 90.2 Å². The molecule has 0 saturated carbocycles. The standard InChI is InChI=1S/C45H68N10O9/c1-6-28(4)37-40(59)48-25-11-10-15-32(51-45(64)52-34(43(62)63)16-12-26-49-44(46)47)38(57)53-36(27(2)3)41(60)50-33(23-19-29-13-8-7-9-14-29)42(61)55(5)35(39(58)54-37)24-20-30-17-21-31(56)22-18-30/h7-9,13-14,17-18,21-22,27-28,32-37,56H,6,10-12,15-16,19-20,23-26H2,1-5H3,(H,48,59)(H,50,60)(H,53,57)(H,54,58)(H,62,63)(H4,46,47,49)(H2,51,52,64). The van der Waals surface area contributed by atoms with Gasteiger partial charge in [-0.25, -0.2) is 9.59 Å². The minimum Gasteiger partial charge on any atom is -0.508 e. The van der Waals surface area contributed by atoms with Gasteiger partial charge in [-0.05, 0) is 92.9 Å². The molecule has 0 aliphatic carbocycles. The molecule has 64 heavy (non-hydrogen) atoms. The van der Waals surface area contributed by atoms with E-state index in [0.29, 0.717) is 32.1 Å². The van der Waals surface area contributed by atoms with E-state index in [9.17, 15) is 43.8 Å². The molecule has 7 unspecified atom stereocenters. The van der Waals surface area contributed by atoms with Crippen molar-refractivity contribution in [3.8, 4) is 5.75 Å². The molecule has 2 aromatic carbocycles. The molecule has 12 N–H and O–H groups in total. The number of phenols is 1. The molecule has 352 valence electrons. The largest absolute Gasteiger partial charge is 0.508 e. The van der Waals surface area contributed by atoms with Crippen LogP contribution in [0.5, 0.6) is 5.75 Å². The van der Waals surface area contributed by atoms with Crippen LogP contribution in [-0.2, 0) is 41.6 Å². The third-order valence-electron chi connectivity index (χ3n) is 11.4. The number of urea groups is 1. The molecule has 0 bridgehead atoms. The molecule has 19 nitrogen and oxygen atoms in total. The van der Waals surface area contributed by atoms with Gasteiger partial charge in [-0.2, -0.15) is 0 Å². The summed E-state index contributed by atoms with van der Waals surface area (Å²) in [5.41, 5.74) is 12.4. The number of aromatic hydroxyl groups is 1. The number of nitrogens with two attached hydrogens (primary N) is 2. The number of nitrogens with one attached hydrogen (secondary N) is 6. The first-order valence-electron chi connectivity index (χ1n) is 22.0. The van der Waals surface area contributed by atoms with E-state index in [2.05, 4.69) is 36.9 Å². The molecule has 1 saturated heterocycles. The fraction of sp³-hybridized carbons (Fsp3) is 0.556. The van der Waals surface area contributed by atoms with Gasteiger partial charge in [0.1, 0.15) is 42.0 Å². The second kappa shape index (κ2) is 26.3. The van der Waals surface area contributed by atoms with Crippen LogP contribution in [0, 0.1) is 11.8 Å². The Bertz CT molecular complexity index is 1890. The number of likely N-dealkylation sites (N-methyl/N-ethyl adjacent to an activating group) is 1. The number of carbonyl (C=O) groups is 7. The van der Waals surface area contributed by atoms with E-state index in [1.807, 2.05) is 44.2 Å². The number of carbonyl (C=O) groups excluding carboxylic acids is 6. The summed E-state index contributed by atoms with van der Waals surface area (Å²) in [5, 5.41) is 36.0. The number of hydrogen-bond acceptors (Lipinski definition) is 9. The number of carboxylic acid groups (broad SMARTS) is 1. The van der Waals surface area contributed by atoms with Crippen LogP contribution in [-0.4, -0.2) is 119 Å². The fourth-order valence-electron chi connectivity index (χ4n) is 7.26. The van der Waals surface area contributed by atoms with Gasteiger partial charge in [-0.15, -0.1) is 0 Å². The number of benzene rings is 2. The number of aryl methyl sites for hydroxylation is 2. The lowest BCUT2D eigenvalue weighted by atomic mass is 9.96. The first kappa shape index (κ1) is 51.9. The molecular formula is C45H68N10O9. The third kappa shape index (κ3) is 17.0. The topological polar surface area (TPSA) is 300 Å². The van der Waals surface area contributed by atoms with Crippen LogP contribution in [0.25, 0.3) is 0 Å². The number of rotatable bonds is 16. The summed E-state index contributed by atoms with van der Waals surface area (Å²) in [7, 11) is 1.48. The second-order valence-corrected chi connectivity index (χ2v) is 16.7. The van der Waals surface area contributed by atoms with Gasteiger partial charge >= 0.3 is 12.0 Å². The summed E-state index contributed by atoms with van der Waals surface area (Å²) in [6.45, 7) is 7.43. The Kier molecular flexibility index (Phi) is 21.3. The molecule has 7 amide bonds. The summed E-state index contributed by atoms with van der Waals surface area (Å²) < 4.78 is 0. The summed E-state index contributed by atoms with van der Waals surface area (Å²) >= 11 is 0. The van der Waals surface area contributed by atoms with Crippen molar-refractivity contribution in [2.75, 3.05) is 20.1 Å². The third-order valence-corrected chi connectivity index (χ3v) is 11.4. The number of guanidine groups is 1. The Hall–Kier alpha value is -6.40. The molecule has 19 heteroatoms. The molecule has 1 aliphatic heterocycles. The van der Waals surface area contributed by atoms with Crippen LogP contribution in [0.2, 0.25) is 0 Å². The highest BCUT2D eigenvalue weighted by Crippen LogP contribution is 2.18. The Balaban J connectivity index is 2.02. The van der Waals surface area contributed by atoms with Crippen molar-refractivity contribution < 1.29 is 43.8 Å². The lowest BCUT2D eigenvalue weighted by molar-refractivity contribution is -0.143. The van der Waals surface area contributed by atoms with Crippen molar-refractivity contribution in [3.63, 3.8) is 0 Å². The smallest absolute Gasteiger partial charge is 0.326 e. The first-order valence-corrected chi connectivity index (χ1v) is 22.0. The lowest BCUT2D eigenvalue weighted by Gasteiger charge is -2.33. The van der Waals surface area contributed by atoms with Crippen molar-refractivity contribution >= 4 is 47.5 Å². The maximum atomic E-state index is 14.7. The van der Waals surface area contributed by atoms with Crippen molar-refractivity contribution in [1.29, 1.82) is 0 Å². The predicted octanol–water partition coefficient (Wildman–Crippen LogP) is 1.42. The van der Waals surface area contributed by atoms with E-state index in [1.165, 1.54) is 24.1 Å². The molecule has 1 aliphatic rings. The molecule has 0 radical (unpaired) electrons. The first-order chi connectivity index (χ1) is 30.4. The molecule has 0 aromatic heterocycles. The van der Waals surface area contributed by atoms with Crippen LogP contribution in [0.15, 0.2) is 59.6 Å². The van der Waals surface area contributed by atoms with Gasteiger partial charge in [-0.1, -0.05) is 76.6 Å². The zero-order valence-electron chi connectivity index (χ0n) is 37.6. The normalized spacial score (nSPS) is 21.7. The average molecular weight is 893 g/mol. The molecule has 1 heterocycles. The number of phenolic OH excluding ortho intramolecular Hbond substituents is 1. The van der Waals surface area contributed by atoms with E-state index in [0.717, 1.165) is 11.1 Å². The zero-order valence-corrected chi connectivity index (χ0v) is 37.6. The van der Waals surface area contributed by atoms with Gasteiger partial charge in [0.25, 0.3) is 0 Å². The Morgan fingerprint density at radius 3 is 2.11 bits per heavy atom. The highest BCUT2D eigenvalue weighted by atomic mass is 16.4. The number of amides is 7. The fourth-order valence-corrected chi connectivity index (χ4v) is 7.26. The van der Waals surface area contributed by atoms with E-state index in [1.54, 1.807) is 26.0 Å². The van der Waals surface area contributed by atoms with Gasteiger partial charge in [-0.3, -0.25) is 29.0 Å². The maximum Gasteiger partial charge on any atom is 0.326 e. The minimum absolute atomic E-state index is 0.0116. The molecule has 3 rings (SSSR count). The van der Waals surface area contributed by atoms with Crippen molar-refractivity contribution in [2.24, 2.45) is 28.3 Å². The highest BCUT2D eigenvalue weighted by Gasteiger charge is 2.37. The summed E-state index contributed by atoms with van der Waals surface area (Å²) in [4.78, 5) is 101. The monoisotopic (exact) mass is 893 g/mol. The Morgan fingerprint density at radius 2 is 1.48 bits per heavy atom. The number of hydrogen-bond donors (Lipinski definition) is 10. The number of aliphatic imine (C=N–C) groups is 1. The van der Waals surface area contributed by atoms with Crippen molar-refractivity contribution in [1.82, 2.24) is 36.8 Å². The number of aliphatic carboxylic acids is 1. The molecular weight excluding hydrogens is 825 g/mol. The van der Waals surface area contributed by atoms with Crippen molar-refractivity contribution in [2.45, 2.75) is 128 Å². The average Bonchev–Trinajstić information content (AvgIpc) is 3.26. The summed E-state index contributed by atoms with van der Waals surface area (Å²) in [6, 6.07) is 7.91. The summed E-state index contributed by atoms with van der Waals surface area (Å²) in [6.07, 6.45) is 2.45. The minimum atomic E-state index is -1.33. The van der Waals surface area contributed by atoms with Crippen LogP contribution < -0.4 is 43.4 Å². The molecule has 0 spiro atoms. The number of carboxylic acids is 1. The highest BCUT2D eigenvalue weighted by molar-refractivity contribution is 5.96. The number of nitrogens with zero attached hydrogens (tertiary/aromatic N) is 2. The Morgan fingerprint density at radius 1 is 0.844 bits per heavy atom. The quantitative estimate of drug-likeness (QED) is 0.0653. The molecule has 7 atom stereocenters. The van der Waals surface area contributed by atoms with Gasteiger partial charge in [0.05, 0.1) is 0 Å². The molecule has 1 fully saturated rings. The van der Waals surface area contributed by atoms with Crippen LogP contribution >= 0.6 is 0 Å². The van der Waals surface area contributed by atoms with E-state index in [4.69, 9.17) is 11.5 Å². The van der Waals surface area contributed by atoms with E-state index in [-0.39, 0.29) is 62.8 Å². The van der Waals surface area contributed by atoms with Crippen LogP contribution in [0.3, 0.4) is 0 Å². The van der Waals surface area contributed by atoms with E-state index < -0.39 is 83.7 Å².